The SMILES string of the molecule is CN=C(NCCCC(=O)NC1CC1)NCc1ccc(C)cc1Oc1ccccc1.I. The minimum Gasteiger partial charge on any atom is -0.457 e. The van der Waals surface area contributed by atoms with Gasteiger partial charge in [-0.15, -0.1) is 24.0 Å². The second-order valence-electron chi connectivity index (χ2n) is 7.32. The number of ether oxygens (including phenoxy) is 1. The molecule has 1 aliphatic rings. The van der Waals surface area contributed by atoms with Gasteiger partial charge in [0.2, 0.25) is 5.91 Å². The lowest BCUT2D eigenvalue weighted by Crippen LogP contribution is -2.37. The molecule has 162 valence electrons. The molecule has 2 aromatic rings. The van der Waals surface area contributed by atoms with Crippen LogP contribution in [-0.4, -0.2) is 31.5 Å². The molecule has 3 N–H and O–H groups in total. The summed E-state index contributed by atoms with van der Waals surface area (Å²) >= 11 is 0. The first-order valence-electron chi connectivity index (χ1n) is 10.2. The largest absolute Gasteiger partial charge is 0.457 e. The molecule has 0 atom stereocenters. The highest BCUT2D eigenvalue weighted by Gasteiger charge is 2.22. The van der Waals surface area contributed by atoms with E-state index in [1.54, 1.807) is 7.05 Å². The molecular formula is C23H31IN4O2. The van der Waals surface area contributed by atoms with Crippen molar-refractivity contribution in [2.45, 2.75) is 45.2 Å². The Bertz CT molecular complexity index is 838. The summed E-state index contributed by atoms with van der Waals surface area (Å²) in [6.45, 7) is 3.33. The van der Waals surface area contributed by atoms with Crippen molar-refractivity contribution in [2.24, 2.45) is 4.99 Å². The van der Waals surface area contributed by atoms with Crippen molar-refractivity contribution < 1.29 is 9.53 Å². The molecule has 1 fully saturated rings. The second-order valence-corrected chi connectivity index (χ2v) is 7.32. The van der Waals surface area contributed by atoms with Crippen LogP contribution in [0.2, 0.25) is 0 Å². The van der Waals surface area contributed by atoms with Crippen LogP contribution >= 0.6 is 24.0 Å². The van der Waals surface area contributed by atoms with E-state index >= 15 is 0 Å². The van der Waals surface area contributed by atoms with Crippen molar-refractivity contribution >= 4 is 35.8 Å². The molecule has 1 aliphatic carbocycles. The van der Waals surface area contributed by atoms with Gasteiger partial charge in [0.25, 0.3) is 0 Å². The molecule has 0 unspecified atom stereocenters. The third-order valence-corrected chi connectivity index (χ3v) is 4.68. The fraction of sp³-hybridized carbons (Fsp3) is 0.391. The number of carbonyl (C=O) groups excluding carboxylic acids is 1. The Morgan fingerprint density at radius 1 is 1.13 bits per heavy atom. The Morgan fingerprint density at radius 2 is 1.90 bits per heavy atom. The number of aliphatic imine (C=N–C) groups is 1. The molecule has 0 aliphatic heterocycles. The summed E-state index contributed by atoms with van der Waals surface area (Å²) in [6, 6.07) is 16.4. The van der Waals surface area contributed by atoms with Crippen molar-refractivity contribution in [3.8, 4) is 11.5 Å². The van der Waals surface area contributed by atoms with Crippen LogP contribution in [0.4, 0.5) is 0 Å². The van der Waals surface area contributed by atoms with Crippen LogP contribution in [0.5, 0.6) is 11.5 Å². The van der Waals surface area contributed by atoms with E-state index in [0.717, 1.165) is 41.9 Å². The van der Waals surface area contributed by atoms with Crippen LogP contribution in [0, 0.1) is 6.92 Å². The number of para-hydroxylation sites is 1. The number of nitrogens with one attached hydrogen (secondary N) is 3. The molecule has 0 saturated heterocycles. The van der Waals surface area contributed by atoms with Gasteiger partial charge in [0.1, 0.15) is 11.5 Å². The maximum absolute atomic E-state index is 11.7. The van der Waals surface area contributed by atoms with E-state index in [4.69, 9.17) is 4.74 Å². The summed E-state index contributed by atoms with van der Waals surface area (Å²) in [6.07, 6.45) is 3.55. The van der Waals surface area contributed by atoms with Crippen molar-refractivity contribution in [3.63, 3.8) is 0 Å². The Kier molecular flexibility index (Phi) is 9.93. The average Bonchev–Trinajstić information content (AvgIpc) is 3.53. The first-order valence-corrected chi connectivity index (χ1v) is 10.2. The lowest BCUT2D eigenvalue weighted by molar-refractivity contribution is -0.121. The van der Waals surface area contributed by atoms with Crippen LogP contribution < -0.4 is 20.7 Å². The monoisotopic (exact) mass is 522 g/mol. The second kappa shape index (κ2) is 12.4. The Labute approximate surface area is 195 Å². The van der Waals surface area contributed by atoms with Crippen molar-refractivity contribution in [1.82, 2.24) is 16.0 Å². The fourth-order valence-corrected chi connectivity index (χ4v) is 2.90. The van der Waals surface area contributed by atoms with Gasteiger partial charge in [-0.1, -0.05) is 30.3 Å². The molecule has 7 heteroatoms. The van der Waals surface area contributed by atoms with Gasteiger partial charge in [-0.05, 0) is 49.9 Å². The number of amides is 1. The van der Waals surface area contributed by atoms with Gasteiger partial charge >= 0.3 is 0 Å². The highest BCUT2D eigenvalue weighted by molar-refractivity contribution is 14.0. The molecule has 0 heterocycles. The lowest BCUT2D eigenvalue weighted by atomic mass is 10.1. The molecule has 6 nitrogen and oxygen atoms in total. The number of hydrogen-bond donors (Lipinski definition) is 3. The number of benzene rings is 2. The standard InChI is InChI=1S/C23H30N4O2.HI/c1-17-10-11-18(21(15-17)29-20-7-4-3-5-8-20)16-26-23(24-2)25-14-6-9-22(28)27-19-12-13-19;/h3-5,7-8,10-11,15,19H,6,9,12-14,16H2,1-2H3,(H,27,28)(H2,24,25,26);1H. The summed E-state index contributed by atoms with van der Waals surface area (Å²) in [5.41, 5.74) is 2.19. The number of guanidine groups is 1. The molecule has 30 heavy (non-hydrogen) atoms. The van der Waals surface area contributed by atoms with Gasteiger partial charge in [-0.3, -0.25) is 9.79 Å². The lowest BCUT2D eigenvalue weighted by Gasteiger charge is -2.15. The Balaban J connectivity index is 0.00000320. The summed E-state index contributed by atoms with van der Waals surface area (Å²) in [5.74, 6) is 2.49. The number of carbonyl (C=O) groups is 1. The van der Waals surface area contributed by atoms with Gasteiger partial charge < -0.3 is 20.7 Å². The van der Waals surface area contributed by atoms with E-state index < -0.39 is 0 Å². The minimum absolute atomic E-state index is 0. The van der Waals surface area contributed by atoms with Crippen LogP contribution in [0.15, 0.2) is 53.5 Å². The number of nitrogens with zero attached hydrogens (tertiary/aromatic N) is 1. The van der Waals surface area contributed by atoms with E-state index in [1.165, 1.54) is 0 Å². The maximum Gasteiger partial charge on any atom is 0.220 e. The van der Waals surface area contributed by atoms with Gasteiger partial charge in [0.15, 0.2) is 5.96 Å². The quantitative estimate of drug-likeness (QED) is 0.201. The first-order chi connectivity index (χ1) is 14.1. The average molecular weight is 522 g/mol. The van der Waals surface area contributed by atoms with E-state index in [1.807, 2.05) is 36.4 Å². The molecule has 1 saturated carbocycles. The smallest absolute Gasteiger partial charge is 0.220 e. The third-order valence-electron chi connectivity index (χ3n) is 4.68. The molecule has 0 bridgehead atoms. The predicted octanol–water partition coefficient (Wildman–Crippen LogP) is 4.13. The molecular weight excluding hydrogens is 491 g/mol. The van der Waals surface area contributed by atoms with Crippen molar-refractivity contribution in [1.29, 1.82) is 0 Å². The van der Waals surface area contributed by atoms with E-state index in [-0.39, 0.29) is 29.9 Å². The minimum atomic E-state index is 0. The highest BCUT2D eigenvalue weighted by Crippen LogP contribution is 2.26. The normalized spacial score (nSPS) is 13.2. The van der Waals surface area contributed by atoms with E-state index in [0.29, 0.717) is 31.5 Å². The third kappa shape index (κ3) is 8.22. The molecule has 0 spiro atoms. The first kappa shape index (κ1) is 24.0. The molecule has 0 radical (unpaired) electrons. The van der Waals surface area contributed by atoms with Crippen LogP contribution in [0.1, 0.15) is 36.8 Å². The van der Waals surface area contributed by atoms with Crippen LogP contribution in [0.25, 0.3) is 0 Å². The maximum atomic E-state index is 11.7. The van der Waals surface area contributed by atoms with Crippen LogP contribution in [-0.2, 0) is 11.3 Å². The van der Waals surface area contributed by atoms with E-state index in [9.17, 15) is 4.79 Å². The summed E-state index contributed by atoms with van der Waals surface area (Å²) in [7, 11) is 1.74. The fourth-order valence-electron chi connectivity index (χ4n) is 2.90. The summed E-state index contributed by atoms with van der Waals surface area (Å²) in [4.78, 5) is 16.0. The van der Waals surface area contributed by atoms with Gasteiger partial charge in [0, 0.05) is 38.2 Å². The molecule has 0 aromatic heterocycles. The zero-order chi connectivity index (χ0) is 20.5. The van der Waals surface area contributed by atoms with Gasteiger partial charge in [-0.2, -0.15) is 0 Å². The predicted molar refractivity (Wildman–Crippen MR) is 132 cm³/mol. The number of aryl methyl sites for hydroxylation is 1. The van der Waals surface area contributed by atoms with E-state index in [2.05, 4.69) is 40.0 Å². The van der Waals surface area contributed by atoms with Gasteiger partial charge in [0.05, 0.1) is 0 Å². The summed E-state index contributed by atoms with van der Waals surface area (Å²) < 4.78 is 6.07. The summed E-state index contributed by atoms with van der Waals surface area (Å²) in [5, 5.41) is 9.59. The van der Waals surface area contributed by atoms with Crippen LogP contribution in [0.3, 0.4) is 0 Å². The molecule has 3 rings (SSSR count). The Hall–Kier alpha value is -2.29. The highest BCUT2D eigenvalue weighted by atomic mass is 127. The molecule has 2 aromatic carbocycles. The van der Waals surface area contributed by atoms with Gasteiger partial charge in [-0.25, -0.2) is 0 Å². The van der Waals surface area contributed by atoms with Crippen molar-refractivity contribution in [3.05, 3.63) is 59.7 Å². The molecule has 1 amide bonds. The number of rotatable bonds is 9. The number of halogens is 1. The number of hydrogen-bond acceptors (Lipinski definition) is 3. The zero-order valence-electron chi connectivity index (χ0n) is 17.6. The van der Waals surface area contributed by atoms with Crippen molar-refractivity contribution in [2.75, 3.05) is 13.6 Å². The topological polar surface area (TPSA) is 74.8 Å². The zero-order valence-corrected chi connectivity index (χ0v) is 19.9. The Morgan fingerprint density at radius 3 is 2.60 bits per heavy atom.